The molecule has 0 aliphatic heterocycles. The van der Waals surface area contributed by atoms with Crippen molar-refractivity contribution in [3.8, 4) is 0 Å². The molecular weight excluding hydrogens is 149 g/mol. The van der Waals surface area contributed by atoms with Crippen LogP contribution < -0.4 is 40.4 Å². The molecule has 0 aliphatic carbocycles. The van der Waals surface area contributed by atoms with E-state index in [1.807, 2.05) is 0 Å². The van der Waals surface area contributed by atoms with Gasteiger partial charge in [0.05, 0.1) is 5.97 Å². The van der Waals surface area contributed by atoms with Crippen LogP contribution in [0, 0.1) is 5.92 Å². The van der Waals surface area contributed by atoms with Crippen molar-refractivity contribution < 1.29 is 49.0 Å². The first-order valence-corrected chi connectivity index (χ1v) is 2.05. The van der Waals surface area contributed by atoms with Crippen molar-refractivity contribution in [2.45, 2.75) is 0 Å². The van der Waals surface area contributed by atoms with Crippen LogP contribution in [0.5, 0.6) is 0 Å². The summed E-state index contributed by atoms with van der Waals surface area (Å²) in [6.45, 7) is 0. The predicted molar refractivity (Wildman–Crippen MR) is 23.8 cm³/mol. The van der Waals surface area contributed by atoms with E-state index in [9.17, 15) is 19.5 Å². The van der Waals surface area contributed by atoms with Gasteiger partial charge in [-0.2, -0.15) is 0 Å². The number of hydrogen-bond acceptors (Lipinski definition) is 4. The van der Waals surface area contributed by atoms with Crippen molar-refractivity contribution in [2.24, 2.45) is 11.7 Å². The molecule has 0 fully saturated rings. The van der Waals surface area contributed by atoms with E-state index in [0.29, 0.717) is 0 Å². The molecule has 5 nitrogen and oxygen atoms in total. The first-order valence-electron chi connectivity index (χ1n) is 2.05. The molecule has 0 saturated heterocycles. The summed E-state index contributed by atoms with van der Waals surface area (Å²) in [7, 11) is 0. The Morgan fingerprint density at radius 2 is 1.90 bits per heavy atom. The van der Waals surface area contributed by atoms with Crippen LogP contribution in [0.1, 0.15) is 0 Å². The van der Waals surface area contributed by atoms with Gasteiger partial charge in [-0.1, -0.05) is 0 Å². The van der Waals surface area contributed by atoms with Gasteiger partial charge in [0.15, 0.2) is 0 Å². The van der Waals surface area contributed by atoms with Gasteiger partial charge in [0.1, 0.15) is 12.2 Å². The van der Waals surface area contributed by atoms with Crippen molar-refractivity contribution >= 4 is 18.2 Å². The largest absolute Gasteiger partial charge is 1.00 e. The second-order valence-electron chi connectivity index (χ2n) is 1.34. The maximum absolute atomic E-state index is 9.94. The van der Waals surface area contributed by atoms with E-state index >= 15 is 0 Å². The number of amides is 1. The first-order chi connectivity index (χ1) is 4.09. The monoisotopic (exact) mass is 153 g/mol. The normalized spacial score (nSPS) is 10.8. The van der Waals surface area contributed by atoms with E-state index in [2.05, 4.69) is 5.73 Å². The average molecular weight is 153 g/mol. The summed E-state index contributed by atoms with van der Waals surface area (Å²) in [5, 5.41) is 9.73. The molecule has 0 aliphatic rings. The zero-order valence-corrected chi connectivity index (χ0v) is 7.37. The van der Waals surface area contributed by atoms with E-state index in [1.165, 1.54) is 0 Å². The van der Waals surface area contributed by atoms with Gasteiger partial charge in [-0.15, -0.1) is 0 Å². The smallest absolute Gasteiger partial charge is 0.549 e. The summed E-state index contributed by atoms with van der Waals surface area (Å²) in [6, 6.07) is 0. The Morgan fingerprint density at radius 1 is 1.50 bits per heavy atom. The first kappa shape index (κ1) is 12.3. The summed E-state index contributed by atoms with van der Waals surface area (Å²) < 4.78 is 0. The van der Waals surface area contributed by atoms with Crippen molar-refractivity contribution in [2.75, 3.05) is 0 Å². The Morgan fingerprint density at radius 3 is 1.90 bits per heavy atom. The number of nitrogens with two attached hydrogens (primary N) is 1. The van der Waals surface area contributed by atoms with Crippen molar-refractivity contribution in [3.05, 3.63) is 0 Å². The third kappa shape index (κ3) is 3.60. The molecule has 0 aromatic carbocycles. The van der Waals surface area contributed by atoms with Gasteiger partial charge in [-0.05, 0) is 0 Å². The number of aliphatic carboxylic acids is 1. The van der Waals surface area contributed by atoms with Crippen LogP contribution in [0.3, 0.4) is 0 Å². The van der Waals surface area contributed by atoms with Crippen molar-refractivity contribution in [1.82, 2.24) is 0 Å². The Labute approximate surface area is 78.9 Å². The van der Waals surface area contributed by atoms with Gasteiger partial charge < -0.3 is 20.4 Å². The molecule has 50 valence electrons. The minimum atomic E-state index is -1.81. The number of aldehydes is 1. The van der Waals surface area contributed by atoms with Crippen LogP contribution >= 0.6 is 0 Å². The molecule has 0 spiro atoms. The summed E-state index contributed by atoms with van der Waals surface area (Å²) in [4.78, 5) is 29.3. The molecule has 0 radical (unpaired) electrons. The second-order valence-corrected chi connectivity index (χ2v) is 1.34. The quantitative estimate of drug-likeness (QED) is 0.248. The number of carboxylic acids is 1. The van der Waals surface area contributed by atoms with Gasteiger partial charge in [-0.3, -0.25) is 4.79 Å². The van der Waals surface area contributed by atoms with Gasteiger partial charge in [-0.25, -0.2) is 0 Å². The van der Waals surface area contributed by atoms with Crippen molar-refractivity contribution in [1.29, 1.82) is 0 Å². The molecule has 0 bridgehead atoms. The Bertz CT molecular complexity index is 143. The van der Waals surface area contributed by atoms with Crippen LogP contribution in [0.25, 0.3) is 0 Å². The topological polar surface area (TPSA) is 100 Å². The van der Waals surface area contributed by atoms with E-state index < -0.39 is 17.8 Å². The minimum absolute atomic E-state index is 0. The molecule has 0 rings (SSSR count). The number of primary amides is 1. The number of carbonyl (C=O) groups is 3. The summed E-state index contributed by atoms with van der Waals surface area (Å²) >= 11 is 0. The molecule has 0 heterocycles. The molecule has 0 aromatic heterocycles. The van der Waals surface area contributed by atoms with E-state index in [0.717, 1.165) is 0 Å². The fourth-order valence-electron chi connectivity index (χ4n) is 0.239. The molecule has 1 amide bonds. The molecule has 1 unspecified atom stereocenters. The van der Waals surface area contributed by atoms with Crippen LogP contribution in [-0.4, -0.2) is 18.2 Å². The zero-order valence-electron chi connectivity index (χ0n) is 5.37. The zero-order chi connectivity index (χ0) is 7.44. The number of rotatable bonds is 3. The van der Waals surface area contributed by atoms with Gasteiger partial charge in [0.2, 0.25) is 5.91 Å². The predicted octanol–water partition coefficient (Wildman–Crippen LogP) is -5.96. The van der Waals surface area contributed by atoms with Crippen LogP contribution in [0.4, 0.5) is 0 Å². The van der Waals surface area contributed by atoms with Crippen LogP contribution in [0.15, 0.2) is 0 Å². The van der Waals surface area contributed by atoms with Crippen LogP contribution in [-0.2, 0) is 14.4 Å². The maximum Gasteiger partial charge on any atom is 1.00 e. The Balaban J connectivity index is 0. The molecule has 0 aromatic rings. The fraction of sp³-hybridized carbons (Fsp3) is 0.250. The molecule has 1 atom stereocenters. The molecule has 6 heteroatoms. The van der Waals surface area contributed by atoms with Crippen LogP contribution in [0.2, 0.25) is 0 Å². The summed E-state index contributed by atoms with van der Waals surface area (Å²) in [6.07, 6.45) is -0.0718. The summed E-state index contributed by atoms with van der Waals surface area (Å²) in [5.41, 5.74) is 4.46. The SMILES string of the molecule is NC(=O)C(C=O)C(=O)[O-].[Na+]. The standard InChI is InChI=1S/C4H5NO4.Na/c5-3(7)2(1-6)4(8)9;/h1-2H,(H2,5,7)(H,8,9);/q;+1/p-1. The maximum atomic E-state index is 9.94. The summed E-state index contributed by atoms with van der Waals surface area (Å²) in [5.74, 6) is -4.78. The Kier molecular flexibility index (Phi) is 6.64. The fourth-order valence-corrected chi connectivity index (χ4v) is 0.239. The Hall–Kier alpha value is -0.390. The third-order valence-corrected chi connectivity index (χ3v) is 0.697. The van der Waals surface area contributed by atoms with E-state index in [4.69, 9.17) is 0 Å². The molecular formula is C4H4NNaO4. The van der Waals surface area contributed by atoms with Gasteiger partial charge in [0.25, 0.3) is 0 Å². The van der Waals surface area contributed by atoms with E-state index in [1.54, 1.807) is 0 Å². The number of carbonyl (C=O) groups excluding carboxylic acids is 3. The second kappa shape index (κ2) is 5.40. The molecule has 0 saturated carbocycles. The van der Waals surface area contributed by atoms with Gasteiger partial charge >= 0.3 is 29.6 Å². The number of carboxylic acid groups (broad SMARTS) is 1. The van der Waals surface area contributed by atoms with E-state index in [-0.39, 0.29) is 35.8 Å². The van der Waals surface area contributed by atoms with Crippen molar-refractivity contribution in [3.63, 3.8) is 0 Å². The van der Waals surface area contributed by atoms with Gasteiger partial charge in [0, 0.05) is 0 Å². The third-order valence-electron chi connectivity index (χ3n) is 0.697. The molecule has 10 heavy (non-hydrogen) atoms. The average Bonchev–Trinajstić information content (AvgIpc) is 1.64. The minimum Gasteiger partial charge on any atom is -0.549 e. The molecule has 2 N–H and O–H groups in total. The number of hydrogen-bond donors (Lipinski definition) is 1.